The van der Waals surface area contributed by atoms with E-state index in [1.54, 1.807) is 7.11 Å². The fourth-order valence-electron chi connectivity index (χ4n) is 4.07. The molecule has 0 bridgehead atoms. The van der Waals surface area contributed by atoms with Gasteiger partial charge in [0.25, 0.3) is 0 Å². The minimum atomic E-state index is 0.687. The van der Waals surface area contributed by atoms with Crippen molar-refractivity contribution in [3.8, 4) is 17.2 Å². The molecule has 156 valence electrons. The van der Waals surface area contributed by atoms with Gasteiger partial charge in [0.05, 0.1) is 20.3 Å². The molecule has 0 aliphatic carbocycles. The molecular weight excluding hydrogens is 386 g/mol. The van der Waals surface area contributed by atoms with Gasteiger partial charge < -0.3 is 19.1 Å². The predicted molar refractivity (Wildman–Crippen MR) is 125 cm³/mol. The van der Waals surface area contributed by atoms with Crippen molar-refractivity contribution in [3.63, 3.8) is 0 Å². The molecule has 2 heterocycles. The molecule has 0 spiro atoms. The van der Waals surface area contributed by atoms with Crippen molar-refractivity contribution >= 4 is 16.8 Å². The summed E-state index contributed by atoms with van der Waals surface area (Å²) in [5.41, 5.74) is 5.90. The van der Waals surface area contributed by atoms with Gasteiger partial charge in [-0.15, -0.1) is 0 Å². The number of benzene rings is 3. The zero-order valence-electron chi connectivity index (χ0n) is 17.6. The Labute approximate surface area is 183 Å². The standard InChI is InChI=1S/C27H25NO3/c1-29-23-12-10-22(11-13-23)28(18-20-14-16-30-26-8-4-2-6-24(20)26)19-21-15-17-31-27-9-5-3-7-25(21)27/h2-13,18-19H,14-17H2,1H3/b20-18+,21-19+. The van der Waals surface area contributed by atoms with Gasteiger partial charge in [0, 0.05) is 42.1 Å². The highest BCUT2D eigenvalue weighted by Gasteiger charge is 2.18. The average molecular weight is 412 g/mol. The summed E-state index contributed by atoms with van der Waals surface area (Å²) in [7, 11) is 1.69. The maximum atomic E-state index is 5.86. The Balaban J connectivity index is 1.60. The number of rotatable bonds is 4. The van der Waals surface area contributed by atoms with Gasteiger partial charge >= 0.3 is 0 Å². The van der Waals surface area contributed by atoms with Gasteiger partial charge in [-0.2, -0.15) is 0 Å². The van der Waals surface area contributed by atoms with E-state index in [0.29, 0.717) is 13.2 Å². The van der Waals surface area contributed by atoms with Crippen LogP contribution >= 0.6 is 0 Å². The first kappa shape index (κ1) is 19.3. The van der Waals surface area contributed by atoms with Crippen LogP contribution in [0.15, 0.2) is 85.2 Å². The molecule has 5 rings (SSSR count). The van der Waals surface area contributed by atoms with Crippen molar-refractivity contribution < 1.29 is 14.2 Å². The summed E-state index contributed by atoms with van der Waals surface area (Å²) in [6, 6.07) is 24.6. The Morgan fingerprint density at radius 1 is 0.710 bits per heavy atom. The lowest BCUT2D eigenvalue weighted by Crippen LogP contribution is -2.15. The molecule has 0 N–H and O–H groups in total. The zero-order valence-corrected chi connectivity index (χ0v) is 17.6. The zero-order chi connectivity index (χ0) is 21.0. The van der Waals surface area contributed by atoms with E-state index in [1.165, 1.54) is 11.1 Å². The van der Waals surface area contributed by atoms with E-state index in [-0.39, 0.29) is 0 Å². The van der Waals surface area contributed by atoms with Crippen molar-refractivity contribution in [3.05, 3.63) is 96.3 Å². The predicted octanol–water partition coefficient (Wildman–Crippen LogP) is 6.15. The normalized spacial score (nSPS) is 17.3. The highest BCUT2D eigenvalue weighted by atomic mass is 16.5. The third-order valence-corrected chi connectivity index (χ3v) is 5.68. The van der Waals surface area contributed by atoms with Gasteiger partial charge in [-0.3, -0.25) is 0 Å². The Bertz CT molecular complexity index is 1060. The van der Waals surface area contributed by atoms with Gasteiger partial charge in [-0.25, -0.2) is 0 Å². The second-order valence-corrected chi connectivity index (χ2v) is 7.60. The van der Waals surface area contributed by atoms with Crippen molar-refractivity contribution in [2.45, 2.75) is 12.8 Å². The third kappa shape index (κ3) is 4.02. The summed E-state index contributed by atoms with van der Waals surface area (Å²) in [4.78, 5) is 2.22. The van der Waals surface area contributed by atoms with E-state index >= 15 is 0 Å². The van der Waals surface area contributed by atoms with Crippen LogP contribution in [0.3, 0.4) is 0 Å². The summed E-state index contributed by atoms with van der Waals surface area (Å²) in [5, 5.41) is 0. The molecule has 0 unspecified atom stereocenters. The first-order valence-corrected chi connectivity index (χ1v) is 10.6. The van der Waals surface area contributed by atoms with Crippen molar-refractivity contribution in [2.75, 3.05) is 25.2 Å². The number of hydrogen-bond acceptors (Lipinski definition) is 4. The second kappa shape index (κ2) is 8.60. The summed E-state index contributed by atoms with van der Waals surface area (Å²) < 4.78 is 17.1. The molecule has 0 saturated heterocycles. The van der Waals surface area contributed by atoms with Crippen molar-refractivity contribution in [1.29, 1.82) is 0 Å². The molecule has 0 aromatic heterocycles. The lowest BCUT2D eigenvalue weighted by molar-refractivity contribution is 0.316. The van der Waals surface area contributed by atoms with Gasteiger partial charge in [0.2, 0.25) is 0 Å². The van der Waals surface area contributed by atoms with Gasteiger partial charge in [-0.1, -0.05) is 36.4 Å². The van der Waals surface area contributed by atoms with Crippen LogP contribution in [0.5, 0.6) is 17.2 Å². The van der Waals surface area contributed by atoms with Crippen molar-refractivity contribution in [1.82, 2.24) is 0 Å². The average Bonchev–Trinajstić information content (AvgIpc) is 2.84. The van der Waals surface area contributed by atoms with Crippen molar-refractivity contribution in [2.24, 2.45) is 0 Å². The van der Waals surface area contributed by atoms with Crippen LogP contribution < -0.4 is 19.1 Å². The first-order valence-electron chi connectivity index (χ1n) is 10.6. The molecule has 4 nitrogen and oxygen atoms in total. The quantitative estimate of drug-likeness (QED) is 0.515. The molecule has 0 radical (unpaired) electrons. The Morgan fingerprint density at radius 2 is 1.23 bits per heavy atom. The number of methoxy groups -OCH3 is 1. The van der Waals surface area contributed by atoms with Crippen LogP contribution in [-0.4, -0.2) is 20.3 Å². The van der Waals surface area contributed by atoms with E-state index in [2.05, 4.69) is 53.7 Å². The fourth-order valence-corrected chi connectivity index (χ4v) is 4.07. The molecule has 3 aromatic carbocycles. The number of nitrogens with zero attached hydrogens (tertiary/aromatic N) is 1. The number of fused-ring (bicyclic) bond motifs is 2. The Morgan fingerprint density at radius 3 is 1.74 bits per heavy atom. The number of anilines is 1. The third-order valence-electron chi connectivity index (χ3n) is 5.68. The maximum absolute atomic E-state index is 5.86. The highest BCUT2D eigenvalue weighted by Crippen LogP contribution is 2.36. The molecule has 31 heavy (non-hydrogen) atoms. The summed E-state index contributed by atoms with van der Waals surface area (Å²) in [6.07, 6.45) is 6.20. The molecule has 3 aromatic rings. The van der Waals surface area contributed by atoms with Crippen LogP contribution in [0, 0.1) is 0 Å². The lowest BCUT2D eigenvalue weighted by Gasteiger charge is -2.26. The Hall–Kier alpha value is -3.66. The van der Waals surface area contributed by atoms with Gasteiger partial charge in [0.1, 0.15) is 17.2 Å². The topological polar surface area (TPSA) is 30.9 Å². The molecule has 0 amide bonds. The smallest absolute Gasteiger partial charge is 0.126 e. The molecule has 0 atom stereocenters. The minimum absolute atomic E-state index is 0.687. The summed E-state index contributed by atoms with van der Waals surface area (Å²) >= 11 is 0. The van der Waals surface area contributed by atoms with E-state index in [0.717, 1.165) is 46.9 Å². The fraction of sp³-hybridized carbons (Fsp3) is 0.185. The van der Waals surface area contributed by atoms with Gasteiger partial charge in [-0.05, 0) is 47.5 Å². The molecule has 2 aliphatic heterocycles. The summed E-state index contributed by atoms with van der Waals surface area (Å²) in [6.45, 7) is 1.37. The lowest BCUT2D eigenvalue weighted by atomic mass is 9.99. The first-order chi connectivity index (χ1) is 15.3. The van der Waals surface area contributed by atoms with E-state index in [1.807, 2.05) is 36.4 Å². The van der Waals surface area contributed by atoms with E-state index in [4.69, 9.17) is 14.2 Å². The van der Waals surface area contributed by atoms with Gasteiger partial charge in [0.15, 0.2) is 0 Å². The number of ether oxygens (including phenoxy) is 3. The van der Waals surface area contributed by atoms with E-state index in [9.17, 15) is 0 Å². The van der Waals surface area contributed by atoms with Crippen LogP contribution in [0.4, 0.5) is 5.69 Å². The molecule has 2 aliphatic rings. The number of para-hydroxylation sites is 2. The second-order valence-electron chi connectivity index (χ2n) is 7.60. The van der Waals surface area contributed by atoms with Crippen LogP contribution in [-0.2, 0) is 0 Å². The molecule has 0 fully saturated rings. The van der Waals surface area contributed by atoms with E-state index < -0.39 is 0 Å². The van der Waals surface area contributed by atoms with Crippen LogP contribution in [0.1, 0.15) is 24.0 Å². The molecular formula is C27H25NO3. The molecule has 4 heteroatoms. The maximum Gasteiger partial charge on any atom is 0.126 e. The monoisotopic (exact) mass is 411 g/mol. The largest absolute Gasteiger partial charge is 0.497 e. The van der Waals surface area contributed by atoms with Crippen LogP contribution in [0.2, 0.25) is 0 Å². The number of hydrogen-bond donors (Lipinski definition) is 0. The van der Waals surface area contributed by atoms with Crippen LogP contribution in [0.25, 0.3) is 11.1 Å². The summed E-state index contributed by atoms with van der Waals surface area (Å²) in [5.74, 6) is 2.73. The minimum Gasteiger partial charge on any atom is -0.497 e. The SMILES string of the molecule is COc1ccc(N(/C=C2\CCOc3ccccc32)/C=C2\CCOc3ccccc32)cc1. The molecule has 0 saturated carbocycles. The highest BCUT2D eigenvalue weighted by molar-refractivity contribution is 5.79. The Kier molecular flexibility index (Phi) is 5.36.